The first-order chi connectivity index (χ1) is 10.8. The second kappa shape index (κ2) is 7.71. The topological polar surface area (TPSA) is 69.7 Å². The number of benzene rings is 1. The molecule has 0 saturated heterocycles. The van der Waals surface area contributed by atoms with Crippen LogP contribution in [-0.4, -0.2) is 25.5 Å². The van der Waals surface area contributed by atoms with E-state index in [9.17, 15) is 26.4 Å². The summed E-state index contributed by atoms with van der Waals surface area (Å²) in [5.41, 5.74) is -6.40. The number of alkyl halides is 3. The summed E-state index contributed by atoms with van der Waals surface area (Å²) in [6, 6.07) is 7.37. The van der Waals surface area contributed by atoms with Gasteiger partial charge in [0.15, 0.2) is 0 Å². The zero-order valence-corrected chi connectivity index (χ0v) is 15.8. The number of hydrogen-bond acceptors (Lipinski definition) is 5. The van der Waals surface area contributed by atoms with Gasteiger partial charge >= 0.3 is 146 Å². The molecule has 0 saturated carbocycles. The molecule has 10 heteroatoms. The number of esters is 1. The quantitative estimate of drug-likeness (QED) is 0.288. The number of halogens is 4. The van der Waals surface area contributed by atoms with Crippen LogP contribution in [0.25, 0.3) is 0 Å². The van der Waals surface area contributed by atoms with Gasteiger partial charge in [-0.3, -0.25) is 0 Å². The van der Waals surface area contributed by atoms with Crippen LogP contribution >= 0.6 is 20.2 Å². The third-order valence-electron chi connectivity index (χ3n) is 1.99. The fourth-order valence-electron chi connectivity index (χ4n) is 1.14. The van der Waals surface area contributed by atoms with Crippen molar-refractivity contribution in [2.75, 3.05) is 0 Å². The first-order valence-corrected chi connectivity index (χ1v) is 10.8. The van der Waals surface area contributed by atoms with Crippen LogP contribution in [0.5, 0.6) is 0 Å². The van der Waals surface area contributed by atoms with Crippen LogP contribution in [0.1, 0.15) is 20.8 Å². The molecule has 1 aromatic rings. The average molecular weight is 478 g/mol. The Morgan fingerprint density at radius 2 is 1.67 bits per heavy atom. The monoisotopic (exact) mass is 478 g/mol. The van der Waals surface area contributed by atoms with Crippen molar-refractivity contribution in [2.45, 2.75) is 31.9 Å². The molecule has 0 spiro atoms. The van der Waals surface area contributed by atoms with Gasteiger partial charge < -0.3 is 0 Å². The van der Waals surface area contributed by atoms with Gasteiger partial charge in [0, 0.05) is 0 Å². The standard InChI is InChI=1S/C14H14F3IO5S/c1-13(2,3)22-12(19)9-10-18(11-7-5-4-6-8-11)23-24(20,21)14(15,16)17/h4-8H,1-3H3. The van der Waals surface area contributed by atoms with Crippen molar-refractivity contribution < 1.29 is 33.6 Å². The summed E-state index contributed by atoms with van der Waals surface area (Å²) in [7, 11) is -5.81. The van der Waals surface area contributed by atoms with Crippen molar-refractivity contribution >= 4 is 36.3 Å². The second-order valence-corrected chi connectivity index (χ2v) is 11.0. The summed E-state index contributed by atoms with van der Waals surface area (Å²) in [6.07, 6.45) is 0. The van der Waals surface area contributed by atoms with Crippen LogP contribution < -0.4 is 0 Å². The van der Waals surface area contributed by atoms with Gasteiger partial charge in [0.05, 0.1) is 0 Å². The van der Waals surface area contributed by atoms with Crippen molar-refractivity contribution in [3.05, 3.63) is 33.9 Å². The summed E-state index contributed by atoms with van der Waals surface area (Å²) in [5, 5.41) is 0. The van der Waals surface area contributed by atoms with Gasteiger partial charge in [-0.25, -0.2) is 0 Å². The van der Waals surface area contributed by atoms with Gasteiger partial charge in [0.2, 0.25) is 0 Å². The molecule has 0 aromatic heterocycles. The molecule has 0 fully saturated rings. The van der Waals surface area contributed by atoms with Gasteiger partial charge in [-0.05, 0) is 0 Å². The Morgan fingerprint density at radius 1 is 1.12 bits per heavy atom. The predicted molar refractivity (Wildman–Crippen MR) is 88.8 cm³/mol. The van der Waals surface area contributed by atoms with Crippen LogP contribution in [-0.2, 0) is 22.2 Å². The summed E-state index contributed by atoms with van der Waals surface area (Å²) < 4.78 is 71.6. The van der Waals surface area contributed by atoms with Gasteiger partial charge in [0.25, 0.3) is 0 Å². The first-order valence-electron chi connectivity index (χ1n) is 6.33. The van der Waals surface area contributed by atoms with Crippen molar-refractivity contribution in [1.82, 2.24) is 0 Å². The fraction of sp³-hybridized carbons (Fsp3) is 0.357. The minimum atomic E-state index is -5.81. The maximum atomic E-state index is 12.5. The number of hydrogen-bond donors (Lipinski definition) is 0. The molecule has 0 N–H and O–H groups in total. The number of ether oxygens (including phenoxy) is 1. The predicted octanol–water partition coefficient (Wildman–Crippen LogP) is 3.45. The van der Waals surface area contributed by atoms with E-state index in [1.54, 1.807) is 26.8 Å². The van der Waals surface area contributed by atoms with Crippen LogP contribution in [0.4, 0.5) is 13.2 Å². The summed E-state index contributed by atoms with van der Waals surface area (Å²) in [6.45, 7) is 4.76. The van der Waals surface area contributed by atoms with E-state index in [1.807, 2.05) is 5.92 Å². The van der Waals surface area contributed by atoms with E-state index in [-0.39, 0.29) is 3.57 Å². The Labute approximate surface area is 145 Å². The number of rotatable bonds is 3. The molecule has 0 aliphatic rings. The van der Waals surface area contributed by atoms with E-state index in [0.29, 0.717) is 0 Å². The van der Waals surface area contributed by atoms with Crippen LogP contribution in [0.2, 0.25) is 0 Å². The van der Waals surface area contributed by atoms with Gasteiger partial charge in [-0.2, -0.15) is 0 Å². The van der Waals surface area contributed by atoms with Crippen molar-refractivity contribution in [2.24, 2.45) is 0 Å². The summed E-state index contributed by atoms with van der Waals surface area (Å²) in [4.78, 5) is 11.6. The van der Waals surface area contributed by atoms with Crippen LogP contribution in [0.15, 0.2) is 30.3 Å². The van der Waals surface area contributed by atoms with E-state index in [0.717, 1.165) is 0 Å². The van der Waals surface area contributed by atoms with Crippen LogP contribution in [0, 0.1) is 13.4 Å². The molecule has 5 nitrogen and oxygen atoms in total. The van der Waals surface area contributed by atoms with Gasteiger partial charge in [-0.1, -0.05) is 0 Å². The third-order valence-corrected chi connectivity index (χ3v) is 7.96. The Kier molecular flexibility index (Phi) is 6.66. The molecule has 0 unspecified atom stereocenters. The van der Waals surface area contributed by atoms with E-state index in [4.69, 9.17) is 4.74 Å². The fourth-order valence-corrected chi connectivity index (χ4v) is 6.25. The first kappa shape index (κ1) is 20.7. The molecule has 1 rings (SSSR count). The number of carbonyl (C=O) groups excluding carboxylic acids is 1. The Hall–Kier alpha value is -1.32. The Bertz CT molecular complexity index is 743. The molecule has 0 amide bonds. The van der Waals surface area contributed by atoms with E-state index in [2.05, 4.69) is 6.44 Å². The molecule has 0 radical (unpaired) electrons. The Morgan fingerprint density at radius 3 is 2.12 bits per heavy atom. The van der Waals surface area contributed by atoms with Crippen molar-refractivity contribution in [3.8, 4) is 9.85 Å². The minimum absolute atomic E-state index is 0.200. The van der Waals surface area contributed by atoms with Crippen LogP contribution in [0.3, 0.4) is 0 Å². The summed E-state index contributed by atoms with van der Waals surface area (Å²) in [5.74, 6) is 1.04. The molecule has 0 heterocycles. The molecule has 134 valence electrons. The zero-order valence-electron chi connectivity index (χ0n) is 12.8. The second-order valence-electron chi connectivity index (χ2n) is 5.23. The van der Waals surface area contributed by atoms with Crippen molar-refractivity contribution in [3.63, 3.8) is 0 Å². The normalized spacial score (nSPS) is 12.8. The molecule has 0 atom stereocenters. The zero-order chi connectivity index (χ0) is 18.6. The summed E-state index contributed by atoms with van der Waals surface area (Å²) >= 11 is -3.62. The molecular weight excluding hydrogens is 464 g/mol. The molecule has 0 aliphatic heterocycles. The van der Waals surface area contributed by atoms with E-state index < -0.39 is 47.4 Å². The van der Waals surface area contributed by atoms with Gasteiger partial charge in [0.1, 0.15) is 0 Å². The van der Waals surface area contributed by atoms with Crippen molar-refractivity contribution in [1.29, 1.82) is 0 Å². The van der Waals surface area contributed by atoms with Gasteiger partial charge in [-0.15, -0.1) is 0 Å². The molecule has 1 aromatic carbocycles. The third kappa shape index (κ3) is 6.66. The molecule has 0 bridgehead atoms. The number of carbonyl (C=O) groups is 1. The molecule has 24 heavy (non-hydrogen) atoms. The van der Waals surface area contributed by atoms with E-state index in [1.165, 1.54) is 24.3 Å². The average Bonchev–Trinajstić information content (AvgIpc) is 2.41. The molecular formula is C14H14F3IO5S. The van der Waals surface area contributed by atoms with E-state index >= 15 is 0 Å². The Balaban J connectivity index is 3.12. The molecule has 0 aliphatic carbocycles. The SMILES string of the molecule is CC(C)(C)OC(=O)C#CI(OS(=O)(=O)C(F)(F)F)c1ccccc1. The maximum absolute atomic E-state index is 12.5.